The number of benzene rings is 2. The third kappa shape index (κ3) is 3.03. The van der Waals surface area contributed by atoms with Gasteiger partial charge in [0.2, 0.25) is 5.78 Å². The van der Waals surface area contributed by atoms with Crippen molar-refractivity contribution in [3.05, 3.63) is 69.8 Å². The van der Waals surface area contributed by atoms with E-state index in [1.165, 1.54) is 19.1 Å². The number of aromatic nitrogens is 1. The zero-order valence-corrected chi connectivity index (χ0v) is 14.2. The maximum Gasteiger partial charge on any atom is 0.341 e. The first-order valence-corrected chi connectivity index (χ1v) is 8.00. The molecule has 0 saturated heterocycles. The minimum Gasteiger partial charge on any atom is -0.451 e. The number of halogens is 2. The number of carbonyl (C=O) groups is 2. The van der Waals surface area contributed by atoms with Gasteiger partial charge in [-0.2, -0.15) is 0 Å². The normalized spacial score (nSPS) is 12.1. The van der Waals surface area contributed by atoms with Crippen molar-refractivity contribution in [3.8, 4) is 0 Å². The summed E-state index contributed by atoms with van der Waals surface area (Å²) in [6.45, 7) is 1.52. The van der Waals surface area contributed by atoms with E-state index in [4.69, 9.17) is 27.9 Å². The number of nitrogens with one attached hydrogen (secondary N) is 1. The van der Waals surface area contributed by atoms with Gasteiger partial charge in [0.1, 0.15) is 0 Å². The second kappa shape index (κ2) is 6.67. The lowest BCUT2D eigenvalue weighted by molar-refractivity contribution is 0.0319. The second-order valence-corrected chi connectivity index (χ2v) is 6.07. The van der Waals surface area contributed by atoms with Crippen LogP contribution in [-0.2, 0) is 4.74 Å². The Balaban J connectivity index is 1.83. The fourth-order valence-corrected chi connectivity index (χ4v) is 3.01. The Labute approximate surface area is 148 Å². The molecule has 3 rings (SSSR count). The molecule has 122 valence electrons. The van der Waals surface area contributed by atoms with Crippen molar-refractivity contribution < 1.29 is 14.3 Å². The first-order chi connectivity index (χ1) is 11.5. The number of Topliss-reactive ketones (excluding diaryl/α,β-unsaturated/α-hetero) is 1. The van der Waals surface area contributed by atoms with E-state index < -0.39 is 12.1 Å². The van der Waals surface area contributed by atoms with E-state index in [2.05, 4.69) is 4.98 Å². The molecule has 0 saturated carbocycles. The molecule has 1 aromatic heterocycles. The molecule has 0 bridgehead atoms. The van der Waals surface area contributed by atoms with Crippen molar-refractivity contribution >= 4 is 45.9 Å². The maximum atomic E-state index is 12.6. The molecule has 0 spiro atoms. The number of esters is 1. The average molecular weight is 362 g/mol. The molecular formula is C18H13Cl2NO3. The molecule has 4 nitrogen and oxygen atoms in total. The van der Waals surface area contributed by atoms with Crippen molar-refractivity contribution in [3.63, 3.8) is 0 Å². The van der Waals surface area contributed by atoms with E-state index in [0.29, 0.717) is 5.56 Å². The zero-order valence-electron chi connectivity index (χ0n) is 12.7. The average Bonchev–Trinajstić information content (AvgIpc) is 2.97. The first kappa shape index (κ1) is 16.6. The fraction of sp³-hybridized carbons (Fsp3) is 0.111. The van der Waals surface area contributed by atoms with Crippen LogP contribution in [0.15, 0.2) is 48.7 Å². The summed E-state index contributed by atoms with van der Waals surface area (Å²) in [5, 5.41) is 1.14. The van der Waals surface area contributed by atoms with E-state index in [9.17, 15) is 9.59 Å². The molecule has 1 atom stereocenters. The molecular weight excluding hydrogens is 349 g/mol. The summed E-state index contributed by atoms with van der Waals surface area (Å²) >= 11 is 12.0. The van der Waals surface area contributed by atoms with Crippen LogP contribution >= 0.6 is 23.2 Å². The number of aromatic amines is 1. The maximum absolute atomic E-state index is 12.6. The van der Waals surface area contributed by atoms with Gasteiger partial charge in [-0.25, -0.2) is 4.79 Å². The van der Waals surface area contributed by atoms with Crippen LogP contribution in [-0.4, -0.2) is 22.8 Å². The Morgan fingerprint density at radius 3 is 2.42 bits per heavy atom. The predicted molar refractivity (Wildman–Crippen MR) is 94.0 cm³/mol. The predicted octanol–water partition coefficient (Wildman–Crippen LogP) is 4.90. The lowest BCUT2D eigenvalue weighted by Gasteiger charge is -2.13. The van der Waals surface area contributed by atoms with Crippen molar-refractivity contribution in [1.29, 1.82) is 0 Å². The van der Waals surface area contributed by atoms with Crippen LogP contribution in [0.5, 0.6) is 0 Å². The van der Waals surface area contributed by atoms with Crippen molar-refractivity contribution in [2.45, 2.75) is 13.0 Å². The highest BCUT2D eigenvalue weighted by molar-refractivity contribution is 6.39. The SMILES string of the molecule is CC(OC(=O)c1c(Cl)cccc1Cl)C(=O)c1c[nH]c2ccccc12. The Morgan fingerprint density at radius 1 is 1.04 bits per heavy atom. The molecule has 3 aromatic rings. The van der Waals surface area contributed by atoms with Gasteiger partial charge in [0.05, 0.1) is 15.6 Å². The van der Waals surface area contributed by atoms with Crippen LogP contribution in [0.2, 0.25) is 10.0 Å². The molecule has 1 N–H and O–H groups in total. The third-order valence-electron chi connectivity index (χ3n) is 3.67. The molecule has 0 fully saturated rings. The van der Waals surface area contributed by atoms with Gasteiger partial charge in [0.25, 0.3) is 0 Å². The van der Waals surface area contributed by atoms with Gasteiger partial charge in [0.15, 0.2) is 6.10 Å². The van der Waals surface area contributed by atoms with Crippen LogP contribution < -0.4 is 0 Å². The first-order valence-electron chi connectivity index (χ1n) is 7.24. The lowest BCUT2D eigenvalue weighted by Crippen LogP contribution is -2.24. The molecule has 1 heterocycles. The highest BCUT2D eigenvalue weighted by Crippen LogP contribution is 2.26. The highest BCUT2D eigenvalue weighted by Gasteiger charge is 2.25. The van der Waals surface area contributed by atoms with Crippen LogP contribution in [0, 0.1) is 0 Å². The van der Waals surface area contributed by atoms with Crippen LogP contribution in [0.1, 0.15) is 27.6 Å². The van der Waals surface area contributed by atoms with Crippen LogP contribution in [0.4, 0.5) is 0 Å². The lowest BCUT2D eigenvalue weighted by atomic mass is 10.1. The third-order valence-corrected chi connectivity index (χ3v) is 4.30. The molecule has 24 heavy (non-hydrogen) atoms. The number of hydrogen-bond acceptors (Lipinski definition) is 3. The summed E-state index contributed by atoms with van der Waals surface area (Å²) in [6.07, 6.45) is 0.642. The van der Waals surface area contributed by atoms with Gasteiger partial charge in [0, 0.05) is 22.7 Å². The largest absolute Gasteiger partial charge is 0.451 e. The van der Waals surface area contributed by atoms with E-state index >= 15 is 0 Å². The summed E-state index contributed by atoms with van der Waals surface area (Å²) in [7, 11) is 0. The number of rotatable bonds is 4. The summed E-state index contributed by atoms with van der Waals surface area (Å²) in [5.74, 6) is -1.03. The summed E-state index contributed by atoms with van der Waals surface area (Å²) in [4.78, 5) is 27.9. The topological polar surface area (TPSA) is 59.2 Å². The monoisotopic (exact) mass is 361 g/mol. The van der Waals surface area contributed by atoms with Gasteiger partial charge < -0.3 is 9.72 Å². The number of H-pyrrole nitrogens is 1. The molecule has 6 heteroatoms. The van der Waals surface area contributed by atoms with Crippen LogP contribution in [0.25, 0.3) is 10.9 Å². The van der Waals surface area contributed by atoms with Gasteiger partial charge >= 0.3 is 5.97 Å². The molecule has 2 aromatic carbocycles. The van der Waals surface area contributed by atoms with Gasteiger partial charge in [-0.05, 0) is 25.1 Å². The number of hydrogen-bond donors (Lipinski definition) is 1. The highest BCUT2D eigenvalue weighted by atomic mass is 35.5. The number of carbonyl (C=O) groups excluding carboxylic acids is 2. The molecule has 0 aliphatic carbocycles. The summed E-state index contributed by atoms with van der Waals surface area (Å²) in [6, 6.07) is 12.1. The Kier molecular flexibility index (Phi) is 4.60. The number of para-hydroxylation sites is 1. The van der Waals surface area contributed by atoms with Crippen molar-refractivity contribution in [2.24, 2.45) is 0 Å². The molecule has 0 aliphatic heterocycles. The van der Waals surface area contributed by atoms with Gasteiger partial charge in [-0.15, -0.1) is 0 Å². The van der Waals surface area contributed by atoms with Crippen LogP contribution in [0.3, 0.4) is 0 Å². The van der Waals surface area contributed by atoms with Gasteiger partial charge in [-0.1, -0.05) is 47.5 Å². The Morgan fingerprint density at radius 2 is 1.71 bits per heavy atom. The molecule has 0 aliphatic rings. The van der Waals surface area contributed by atoms with E-state index in [1.54, 1.807) is 12.3 Å². The number of ketones is 1. The second-order valence-electron chi connectivity index (χ2n) is 5.26. The van der Waals surface area contributed by atoms with Gasteiger partial charge in [-0.3, -0.25) is 4.79 Å². The van der Waals surface area contributed by atoms with Crippen molar-refractivity contribution in [2.75, 3.05) is 0 Å². The molecule has 0 amide bonds. The Bertz CT molecular complexity index is 913. The van der Waals surface area contributed by atoms with Crippen molar-refractivity contribution in [1.82, 2.24) is 4.98 Å². The molecule has 1 unspecified atom stereocenters. The number of fused-ring (bicyclic) bond motifs is 1. The van der Waals surface area contributed by atoms with E-state index in [0.717, 1.165) is 10.9 Å². The minimum absolute atomic E-state index is 0.0550. The quantitative estimate of drug-likeness (QED) is 0.530. The smallest absolute Gasteiger partial charge is 0.341 e. The summed E-state index contributed by atoms with van der Waals surface area (Å²) < 4.78 is 5.26. The van der Waals surface area contributed by atoms with E-state index in [-0.39, 0.29) is 21.4 Å². The fourth-order valence-electron chi connectivity index (χ4n) is 2.46. The summed E-state index contributed by atoms with van der Waals surface area (Å²) in [5.41, 5.74) is 1.36. The molecule has 0 radical (unpaired) electrons. The zero-order chi connectivity index (χ0) is 17.3. The minimum atomic E-state index is -0.968. The van der Waals surface area contributed by atoms with E-state index in [1.807, 2.05) is 24.3 Å². The number of ether oxygens (including phenoxy) is 1. The standard InChI is InChI=1S/C18H13Cl2NO3/c1-10(24-18(23)16-13(19)6-4-7-14(16)20)17(22)12-9-21-15-8-3-2-5-11(12)15/h2-10,21H,1H3. The Hall–Kier alpha value is -2.30.